The number of nitrogens with zero attached hydrogens (tertiary/aromatic N) is 3. The molecule has 1 fully saturated rings. The van der Waals surface area contributed by atoms with Gasteiger partial charge in [-0.3, -0.25) is 4.90 Å². The first-order valence-corrected chi connectivity index (χ1v) is 10.4. The molecule has 1 saturated heterocycles. The van der Waals surface area contributed by atoms with Gasteiger partial charge in [0.2, 0.25) is 0 Å². The Bertz CT molecular complexity index is 848. The highest BCUT2D eigenvalue weighted by molar-refractivity contribution is 6.31. The Morgan fingerprint density at radius 1 is 1.28 bits per heavy atom. The Morgan fingerprint density at radius 3 is 2.72 bits per heavy atom. The summed E-state index contributed by atoms with van der Waals surface area (Å²) in [5.41, 5.74) is 2.82. The molecule has 154 valence electrons. The summed E-state index contributed by atoms with van der Waals surface area (Å²) in [6.07, 6.45) is 2.63. The van der Waals surface area contributed by atoms with Gasteiger partial charge in [0.1, 0.15) is 30.1 Å². The second-order valence-corrected chi connectivity index (χ2v) is 8.15. The van der Waals surface area contributed by atoms with E-state index in [-0.39, 0.29) is 6.61 Å². The lowest BCUT2D eigenvalue weighted by Crippen LogP contribution is -2.39. The standard InChI is InChI=1S/C23H28ClN3O2/c1-26(2)18-10-8-17(9-11-18)13-19-5-4-12-27(19)15-20(28)16-29-23-7-3-6-22(24)21(23)14-25/h3,6-11,19-20,28H,4-5,12-13,15-16H2,1-2H3/t19-,20+/m0/s1. The smallest absolute Gasteiger partial charge is 0.138 e. The van der Waals surface area contributed by atoms with Gasteiger partial charge in [-0.05, 0) is 55.6 Å². The molecular weight excluding hydrogens is 386 g/mol. The minimum atomic E-state index is -0.628. The van der Waals surface area contributed by atoms with Crippen molar-refractivity contribution in [2.45, 2.75) is 31.4 Å². The molecule has 2 aromatic rings. The van der Waals surface area contributed by atoms with Crippen molar-refractivity contribution in [1.82, 2.24) is 4.90 Å². The van der Waals surface area contributed by atoms with E-state index in [0.29, 0.717) is 28.9 Å². The van der Waals surface area contributed by atoms with Crippen molar-refractivity contribution in [1.29, 1.82) is 5.26 Å². The summed E-state index contributed by atoms with van der Waals surface area (Å²) in [6, 6.07) is 16.2. The zero-order valence-electron chi connectivity index (χ0n) is 17.0. The number of nitriles is 1. The van der Waals surface area contributed by atoms with Crippen LogP contribution in [0.25, 0.3) is 0 Å². The monoisotopic (exact) mass is 413 g/mol. The summed E-state index contributed by atoms with van der Waals surface area (Å²) in [5.74, 6) is 0.415. The fourth-order valence-corrected chi connectivity index (χ4v) is 4.02. The maximum absolute atomic E-state index is 10.5. The van der Waals surface area contributed by atoms with E-state index in [1.807, 2.05) is 14.1 Å². The zero-order chi connectivity index (χ0) is 20.8. The molecule has 0 aromatic heterocycles. The normalized spacial score (nSPS) is 17.7. The molecule has 0 aliphatic carbocycles. The van der Waals surface area contributed by atoms with Gasteiger partial charge in [-0.25, -0.2) is 0 Å². The fourth-order valence-electron chi connectivity index (χ4n) is 3.81. The molecule has 0 unspecified atom stereocenters. The number of ether oxygens (including phenoxy) is 1. The van der Waals surface area contributed by atoms with E-state index < -0.39 is 6.10 Å². The van der Waals surface area contributed by atoms with Crippen molar-refractivity contribution in [2.24, 2.45) is 0 Å². The highest BCUT2D eigenvalue weighted by Gasteiger charge is 2.26. The van der Waals surface area contributed by atoms with Gasteiger partial charge >= 0.3 is 0 Å². The largest absolute Gasteiger partial charge is 0.489 e. The lowest BCUT2D eigenvalue weighted by atomic mass is 10.0. The third kappa shape index (κ3) is 5.63. The van der Waals surface area contributed by atoms with Gasteiger partial charge < -0.3 is 14.7 Å². The molecule has 5 nitrogen and oxygen atoms in total. The summed E-state index contributed by atoms with van der Waals surface area (Å²) < 4.78 is 5.68. The van der Waals surface area contributed by atoms with Gasteiger partial charge in [-0.1, -0.05) is 29.8 Å². The summed E-state index contributed by atoms with van der Waals surface area (Å²) in [7, 11) is 4.08. The number of anilines is 1. The van der Waals surface area contributed by atoms with Crippen molar-refractivity contribution in [3.8, 4) is 11.8 Å². The van der Waals surface area contributed by atoms with Crippen LogP contribution in [0.1, 0.15) is 24.0 Å². The quantitative estimate of drug-likeness (QED) is 0.714. The molecular formula is C23H28ClN3O2. The van der Waals surface area contributed by atoms with Crippen molar-refractivity contribution >= 4 is 17.3 Å². The summed E-state index contributed by atoms with van der Waals surface area (Å²) in [6.45, 7) is 1.68. The lowest BCUT2D eigenvalue weighted by molar-refractivity contribution is 0.0639. The maximum atomic E-state index is 10.5. The van der Waals surface area contributed by atoms with Crippen LogP contribution in [0.3, 0.4) is 0 Å². The number of halogens is 1. The Kier molecular flexibility index (Phi) is 7.38. The molecule has 1 N–H and O–H groups in total. The van der Waals surface area contributed by atoms with Crippen molar-refractivity contribution in [2.75, 3.05) is 38.7 Å². The molecule has 1 aliphatic rings. The van der Waals surface area contributed by atoms with E-state index in [1.54, 1.807) is 18.2 Å². The molecule has 0 spiro atoms. The van der Waals surface area contributed by atoms with Crippen molar-refractivity contribution < 1.29 is 9.84 Å². The van der Waals surface area contributed by atoms with Gasteiger partial charge in [-0.15, -0.1) is 0 Å². The minimum Gasteiger partial charge on any atom is -0.489 e. The van der Waals surface area contributed by atoms with Crippen molar-refractivity contribution in [3.63, 3.8) is 0 Å². The number of aliphatic hydroxyl groups excluding tert-OH is 1. The molecule has 0 radical (unpaired) electrons. The molecule has 3 rings (SSSR count). The first-order valence-electron chi connectivity index (χ1n) is 9.97. The van der Waals surface area contributed by atoms with Crippen LogP contribution in [0.5, 0.6) is 5.75 Å². The van der Waals surface area contributed by atoms with E-state index >= 15 is 0 Å². The zero-order valence-corrected chi connectivity index (χ0v) is 17.8. The molecule has 1 aliphatic heterocycles. The molecule has 0 saturated carbocycles. The van der Waals surface area contributed by atoms with Crippen LogP contribution >= 0.6 is 11.6 Å². The molecule has 6 heteroatoms. The van der Waals surface area contributed by atoms with Crippen LogP contribution in [0, 0.1) is 11.3 Å². The minimum absolute atomic E-state index is 0.135. The number of β-amino-alcohol motifs (C(OH)–C–C–N with tert-alkyl or cyclic N) is 1. The van der Waals surface area contributed by atoms with E-state index in [1.165, 1.54) is 11.3 Å². The number of hydrogen-bond donors (Lipinski definition) is 1. The van der Waals surface area contributed by atoms with Crippen LogP contribution in [0.4, 0.5) is 5.69 Å². The van der Waals surface area contributed by atoms with Crippen LogP contribution in [0.2, 0.25) is 5.02 Å². The Balaban J connectivity index is 1.54. The Hall–Kier alpha value is -2.26. The number of benzene rings is 2. The SMILES string of the molecule is CN(C)c1ccc(C[C@@H]2CCCN2C[C@@H](O)COc2cccc(Cl)c2C#N)cc1. The van der Waals surface area contributed by atoms with E-state index in [4.69, 9.17) is 16.3 Å². The first kappa shape index (κ1) is 21.4. The van der Waals surface area contributed by atoms with Crippen LogP contribution in [-0.2, 0) is 6.42 Å². The fraction of sp³-hybridized carbons (Fsp3) is 0.435. The lowest BCUT2D eigenvalue weighted by Gasteiger charge is -2.27. The second kappa shape index (κ2) is 9.98. The van der Waals surface area contributed by atoms with Gasteiger partial charge in [0.15, 0.2) is 0 Å². The highest BCUT2D eigenvalue weighted by atomic mass is 35.5. The Labute approximate surface area is 178 Å². The summed E-state index contributed by atoms with van der Waals surface area (Å²) >= 11 is 6.03. The Morgan fingerprint density at radius 2 is 2.03 bits per heavy atom. The topological polar surface area (TPSA) is 59.7 Å². The van der Waals surface area contributed by atoms with Gasteiger partial charge in [0.05, 0.1) is 5.02 Å². The number of aliphatic hydroxyl groups is 1. The molecule has 0 bridgehead atoms. The van der Waals surface area contributed by atoms with Crippen LogP contribution in [-0.4, -0.2) is 55.9 Å². The molecule has 2 aromatic carbocycles. The van der Waals surface area contributed by atoms with Crippen LogP contribution < -0.4 is 9.64 Å². The van der Waals surface area contributed by atoms with E-state index in [0.717, 1.165) is 25.8 Å². The van der Waals surface area contributed by atoms with E-state index in [9.17, 15) is 10.4 Å². The maximum Gasteiger partial charge on any atom is 0.138 e. The second-order valence-electron chi connectivity index (χ2n) is 7.75. The first-order chi connectivity index (χ1) is 14.0. The number of rotatable bonds is 8. The average molecular weight is 414 g/mol. The van der Waals surface area contributed by atoms with Crippen LogP contribution in [0.15, 0.2) is 42.5 Å². The van der Waals surface area contributed by atoms with Crippen molar-refractivity contribution in [3.05, 3.63) is 58.6 Å². The summed E-state index contributed by atoms with van der Waals surface area (Å²) in [4.78, 5) is 4.44. The van der Waals surface area contributed by atoms with Gasteiger partial charge in [0, 0.05) is 32.4 Å². The highest BCUT2D eigenvalue weighted by Crippen LogP contribution is 2.26. The molecule has 2 atom stereocenters. The predicted octanol–water partition coefficient (Wildman–Crippen LogP) is 3.72. The third-order valence-electron chi connectivity index (χ3n) is 5.39. The van der Waals surface area contributed by atoms with Gasteiger partial charge in [0.25, 0.3) is 0 Å². The molecule has 29 heavy (non-hydrogen) atoms. The predicted molar refractivity (Wildman–Crippen MR) is 117 cm³/mol. The average Bonchev–Trinajstić information content (AvgIpc) is 3.13. The molecule has 1 heterocycles. The third-order valence-corrected chi connectivity index (χ3v) is 5.70. The molecule has 0 amide bonds. The number of hydrogen-bond acceptors (Lipinski definition) is 5. The van der Waals surface area contributed by atoms with E-state index in [2.05, 4.69) is 40.1 Å². The summed E-state index contributed by atoms with van der Waals surface area (Å²) in [5, 5.41) is 20.1. The number of likely N-dealkylation sites (tertiary alicyclic amines) is 1. The van der Waals surface area contributed by atoms with Gasteiger partial charge in [-0.2, -0.15) is 5.26 Å².